The number of carbonyl (C=O) groups is 1. The SMILES string of the molecule is O=C(O)N(C1CC2CCC1C2)[C@@H](CCCO)c1ccccc1Cl. The van der Waals surface area contributed by atoms with Crippen molar-refractivity contribution in [2.45, 2.75) is 50.6 Å². The van der Waals surface area contributed by atoms with Gasteiger partial charge in [-0.15, -0.1) is 0 Å². The molecule has 0 aromatic heterocycles. The molecular weight excluding hydrogens is 314 g/mol. The summed E-state index contributed by atoms with van der Waals surface area (Å²) in [5.74, 6) is 1.16. The Morgan fingerprint density at radius 1 is 1.30 bits per heavy atom. The lowest BCUT2D eigenvalue weighted by Crippen LogP contribution is -2.45. The standard InChI is InChI=1S/C18H24ClNO3/c19-15-5-2-1-4-14(15)16(6-3-9-21)20(18(22)23)17-11-12-7-8-13(17)10-12/h1-2,4-5,12-13,16-17,21H,3,6-11H2,(H,22,23)/t12?,13?,16-,17?/m0/s1. The monoisotopic (exact) mass is 337 g/mol. The van der Waals surface area contributed by atoms with Gasteiger partial charge in [0.05, 0.1) is 6.04 Å². The van der Waals surface area contributed by atoms with E-state index in [0.717, 1.165) is 24.8 Å². The van der Waals surface area contributed by atoms with Crippen LogP contribution in [0.1, 0.15) is 50.1 Å². The van der Waals surface area contributed by atoms with Gasteiger partial charge >= 0.3 is 6.09 Å². The summed E-state index contributed by atoms with van der Waals surface area (Å²) in [6, 6.07) is 7.28. The van der Waals surface area contributed by atoms with Crippen LogP contribution >= 0.6 is 11.6 Å². The number of nitrogens with zero attached hydrogens (tertiary/aromatic N) is 1. The lowest BCUT2D eigenvalue weighted by molar-refractivity contribution is 0.0711. The Hall–Kier alpha value is -1.26. The molecule has 2 saturated carbocycles. The molecule has 2 bridgehead atoms. The van der Waals surface area contributed by atoms with Crippen LogP contribution in [0.15, 0.2) is 24.3 Å². The van der Waals surface area contributed by atoms with Gasteiger partial charge in [0.25, 0.3) is 0 Å². The van der Waals surface area contributed by atoms with Gasteiger partial charge in [0.15, 0.2) is 0 Å². The fourth-order valence-corrected chi connectivity index (χ4v) is 4.79. The molecule has 2 aliphatic rings. The first kappa shape index (κ1) is 16.6. The smallest absolute Gasteiger partial charge is 0.408 e. The van der Waals surface area contributed by atoms with Crippen molar-refractivity contribution < 1.29 is 15.0 Å². The van der Waals surface area contributed by atoms with Gasteiger partial charge in [0.1, 0.15) is 0 Å². The molecule has 3 unspecified atom stereocenters. The molecule has 2 N–H and O–H groups in total. The van der Waals surface area contributed by atoms with E-state index in [1.165, 1.54) is 6.42 Å². The van der Waals surface area contributed by atoms with Gasteiger partial charge in [-0.25, -0.2) is 4.79 Å². The highest BCUT2D eigenvalue weighted by atomic mass is 35.5. The molecule has 0 aliphatic heterocycles. The van der Waals surface area contributed by atoms with Gasteiger partial charge in [-0.2, -0.15) is 0 Å². The highest BCUT2D eigenvalue weighted by molar-refractivity contribution is 6.31. The van der Waals surface area contributed by atoms with Crippen molar-refractivity contribution in [3.05, 3.63) is 34.9 Å². The Morgan fingerprint density at radius 2 is 2.09 bits per heavy atom. The first-order valence-corrected chi connectivity index (χ1v) is 8.86. The molecule has 126 valence electrons. The molecule has 0 saturated heterocycles. The Bertz CT molecular complexity index is 565. The van der Waals surface area contributed by atoms with E-state index < -0.39 is 6.09 Å². The molecule has 23 heavy (non-hydrogen) atoms. The van der Waals surface area contributed by atoms with E-state index >= 15 is 0 Å². The van der Waals surface area contributed by atoms with E-state index in [1.807, 2.05) is 24.3 Å². The summed E-state index contributed by atoms with van der Waals surface area (Å²) >= 11 is 6.35. The third kappa shape index (κ3) is 3.33. The van der Waals surface area contributed by atoms with E-state index in [1.54, 1.807) is 4.90 Å². The summed E-state index contributed by atoms with van der Waals surface area (Å²) in [6.45, 7) is 0.0606. The molecule has 1 amide bonds. The predicted octanol–water partition coefficient (Wildman–Crippen LogP) is 4.32. The number of aliphatic hydroxyl groups excluding tert-OH is 1. The lowest BCUT2D eigenvalue weighted by Gasteiger charge is -2.39. The van der Waals surface area contributed by atoms with Crippen LogP contribution in [-0.2, 0) is 0 Å². The first-order valence-electron chi connectivity index (χ1n) is 8.48. The van der Waals surface area contributed by atoms with Crippen LogP contribution < -0.4 is 0 Å². The maximum absolute atomic E-state index is 12.1. The van der Waals surface area contributed by atoms with Crippen LogP contribution in [0.2, 0.25) is 5.02 Å². The van der Waals surface area contributed by atoms with Crippen molar-refractivity contribution >= 4 is 17.7 Å². The van der Waals surface area contributed by atoms with E-state index in [-0.39, 0.29) is 18.7 Å². The van der Waals surface area contributed by atoms with Crippen LogP contribution in [-0.4, -0.2) is 33.9 Å². The average Bonchev–Trinajstić information content (AvgIpc) is 3.14. The number of halogens is 1. The van der Waals surface area contributed by atoms with Gasteiger partial charge in [0.2, 0.25) is 0 Å². The number of fused-ring (bicyclic) bond motifs is 2. The topological polar surface area (TPSA) is 60.8 Å². The van der Waals surface area contributed by atoms with Crippen LogP contribution in [0.3, 0.4) is 0 Å². The van der Waals surface area contributed by atoms with E-state index in [0.29, 0.717) is 29.7 Å². The van der Waals surface area contributed by atoms with Crippen molar-refractivity contribution in [1.82, 2.24) is 4.90 Å². The number of benzene rings is 1. The second-order valence-corrected chi connectivity index (χ2v) is 7.24. The van der Waals surface area contributed by atoms with E-state index in [9.17, 15) is 15.0 Å². The Kier molecular flexibility index (Phi) is 5.12. The maximum Gasteiger partial charge on any atom is 0.408 e. The summed E-state index contributed by atoms with van der Waals surface area (Å²) in [7, 11) is 0. The second kappa shape index (κ2) is 7.10. The molecule has 0 spiro atoms. The zero-order valence-electron chi connectivity index (χ0n) is 13.2. The summed E-state index contributed by atoms with van der Waals surface area (Å²) in [5.41, 5.74) is 0.854. The zero-order valence-corrected chi connectivity index (χ0v) is 14.0. The number of aliphatic hydroxyl groups is 1. The largest absolute Gasteiger partial charge is 0.465 e. The predicted molar refractivity (Wildman–Crippen MR) is 89.6 cm³/mol. The van der Waals surface area contributed by atoms with Crippen molar-refractivity contribution in [2.75, 3.05) is 6.61 Å². The molecule has 4 atom stereocenters. The van der Waals surface area contributed by atoms with Crippen LogP contribution in [0.5, 0.6) is 0 Å². The minimum absolute atomic E-state index is 0.0606. The summed E-state index contributed by atoms with van der Waals surface area (Å²) in [6.07, 6.45) is 4.79. The molecule has 0 radical (unpaired) electrons. The minimum Gasteiger partial charge on any atom is -0.465 e. The maximum atomic E-state index is 12.1. The third-order valence-corrected chi connectivity index (χ3v) is 5.86. The lowest BCUT2D eigenvalue weighted by atomic mass is 9.90. The fourth-order valence-electron chi connectivity index (χ4n) is 4.53. The normalized spacial score (nSPS) is 27.1. The molecule has 3 rings (SSSR count). The average molecular weight is 338 g/mol. The van der Waals surface area contributed by atoms with Crippen LogP contribution in [0.4, 0.5) is 4.79 Å². The van der Waals surface area contributed by atoms with Crippen molar-refractivity contribution in [2.24, 2.45) is 11.8 Å². The van der Waals surface area contributed by atoms with Crippen molar-refractivity contribution in [1.29, 1.82) is 0 Å². The van der Waals surface area contributed by atoms with Gasteiger partial charge < -0.3 is 10.2 Å². The molecule has 0 heterocycles. The van der Waals surface area contributed by atoms with E-state index in [2.05, 4.69) is 0 Å². The van der Waals surface area contributed by atoms with Crippen molar-refractivity contribution in [3.8, 4) is 0 Å². The fraction of sp³-hybridized carbons (Fsp3) is 0.611. The summed E-state index contributed by atoms with van der Waals surface area (Å²) in [4.78, 5) is 13.7. The van der Waals surface area contributed by atoms with Gasteiger partial charge in [-0.05, 0) is 55.6 Å². The molecule has 4 nitrogen and oxygen atoms in total. The molecular formula is C18H24ClNO3. The van der Waals surface area contributed by atoms with Crippen LogP contribution in [0.25, 0.3) is 0 Å². The number of amides is 1. The third-order valence-electron chi connectivity index (χ3n) is 5.51. The second-order valence-electron chi connectivity index (χ2n) is 6.84. The Labute approximate surface area is 142 Å². The quantitative estimate of drug-likeness (QED) is 0.812. The Balaban J connectivity index is 1.92. The number of carboxylic acid groups (broad SMARTS) is 1. The molecule has 2 fully saturated rings. The summed E-state index contributed by atoms with van der Waals surface area (Å²) < 4.78 is 0. The number of hydrogen-bond acceptors (Lipinski definition) is 2. The summed E-state index contributed by atoms with van der Waals surface area (Å²) in [5, 5.41) is 19.7. The molecule has 5 heteroatoms. The highest BCUT2D eigenvalue weighted by Crippen LogP contribution is 2.49. The first-order chi connectivity index (χ1) is 11.1. The van der Waals surface area contributed by atoms with Gasteiger partial charge in [-0.3, -0.25) is 4.90 Å². The van der Waals surface area contributed by atoms with Gasteiger partial charge in [-0.1, -0.05) is 36.2 Å². The number of hydrogen-bond donors (Lipinski definition) is 2. The van der Waals surface area contributed by atoms with Crippen molar-refractivity contribution in [3.63, 3.8) is 0 Å². The van der Waals surface area contributed by atoms with E-state index in [4.69, 9.17) is 11.6 Å². The molecule has 1 aromatic rings. The zero-order chi connectivity index (χ0) is 16.4. The Morgan fingerprint density at radius 3 is 2.65 bits per heavy atom. The molecule has 1 aromatic carbocycles. The van der Waals surface area contributed by atoms with Gasteiger partial charge in [0, 0.05) is 17.7 Å². The number of rotatable bonds is 6. The molecule has 2 aliphatic carbocycles. The highest BCUT2D eigenvalue weighted by Gasteiger charge is 2.46. The van der Waals surface area contributed by atoms with Crippen LogP contribution in [0, 0.1) is 11.8 Å². The minimum atomic E-state index is -0.870.